The molecule has 2 N–H and O–H groups in total. The lowest BCUT2D eigenvalue weighted by Crippen LogP contribution is -2.47. The standard InChI is InChI=1S/C23H24N2O7S/c1-13(2)20(25-33(29,30)17-8-5-14(3)6-9-17)21(26)24-16-7-10-19-15(11-16)12-18(22(27)31-4)23(28)32-19/h5-13,20,25H,1-4H3,(H,24,26)/t20-/m0/s1. The highest BCUT2D eigenvalue weighted by Crippen LogP contribution is 2.20. The maximum Gasteiger partial charge on any atom is 0.351 e. The number of anilines is 1. The van der Waals surface area contributed by atoms with Gasteiger partial charge in [0.2, 0.25) is 15.9 Å². The van der Waals surface area contributed by atoms with Crippen molar-refractivity contribution in [1.29, 1.82) is 0 Å². The topological polar surface area (TPSA) is 132 Å². The Morgan fingerprint density at radius 2 is 1.70 bits per heavy atom. The molecule has 1 atom stereocenters. The largest absolute Gasteiger partial charge is 0.465 e. The molecule has 0 aliphatic rings. The van der Waals surface area contributed by atoms with Gasteiger partial charge in [-0.05, 0) is 49.2 Å². The van der Waals surface area contributed by atoms with Crippen molar-refractivity contribution in [2.45, 2.75) is 31.7 Å². The van der Waals surface area contributed by atoms with Gasteiger partial charge in [-0.3, -0.25) is 4.79 Å². The number of aryl methyl sites for hydroxylation is 1. The number of fused-ring (bicyclic) bond motifs is 1. The monoisotopic (exact) mass is 472 g/mol. The van der Waals surface area contributed by atoms with E-state index in [0.717, 1.165) is 12.7 Å². The van der Waals surface area contributed by atoms with Crippen LogP contribution in [0.5, 0.6) is 0 Å². The Balaban J connectivity index is 1.86. The van der Waals surface area contributed by atoms with Crippen LogP contribution in [0.4, 0.5) is 5.69 Å². The van der Waals surface area contributed by atoms with E-state index < -0.39 is 33.6 Å². The highest BCUT2D eigenvalue weighted by Gasteiger charge is 2.28. The molecule has 0 aliphatic heterocycles. The van der Waals surface area contributed by atoms with Crippen LogP contribution in [0.1, 0.15) is 29.8 Å². The smallest absolute Gasteiger partial charge is 0.351 e. The van der Waals surface area contributed by atoms with E-state index in [1.165, 1.54) is 36.4 Å². The molecule has 0 fully saturated rings. The number of sulfonamides is 1. The van der Waals surface area contributed by atoms with Gasteiger partial charge in [0.15, 0.2) is 0 Å². The van der Waals surface area contributed by atoms with Crippen molar-refractivity contribution < 1.29 is 27.2 Å². The zero-order valence-electron chi connectivity index (χ0n) is 18.5. The minimum Gasteiger partial charge on any atom is -0.465 e. The molecule has 1 aromatic heterocycles. The molecule has 3 aromatic rings. The molecule has 0 radical (unpaired) electrons. The van der Waals surface area contributed by atoms with Gasteiger partial charge in [-0.2, -0.15) is 4.72 Å². The van der Waals surface area contributed by atoms with Crippen LogP contribution in [0, 0.1) is 12.8 Å². The van der Waals surface area contributed by atoms with E-state index in [2.05, 4.69) is 14.8 Å². The van der Waals surface area contributed by atoms with Gasteiger partial charge in [-0.25, -0.2) is 18.0 Å². The first-order valence-electron chi connectivity index (χ1n) is 10.1. The second kappa shape index (κ2) is 9.55. The first-order chi connectivity index (χ1) is 15.5. The number of rotatable bonds is 7. The van der Waals surface area contributed by atoms with E-state index in [0.29, 0.717) is 11.1 Å². The maximum atomic E-state index is 12.9. The van der Waals surface area contributed by atoms with Gasteiger partial charge in [0, 0.05) is 11.1 Å². The summed E-state index contributed by atoms with van der Waals surface area (Å²) in [5.41, 5.74) is 0.342. The van der Waals surface area contributed by atoms with Crippen LogP contribution in [0.2, 0.25) is 0 Å². The first-order valence-corrected chi connectivity index (χ1v) is 11.6. The zero-order chi connectivity index (χ0) is 24.3. The number of hydrogen-bond donors (Lipinski definition) is 2. The molecule has 3 rings (SSSR count). The third-order valence-electron chi connectivity index (χ3n) is 4.97. The Kier molecular flexibility index (Phi) is 6.99. The lowest BCUT2D eigenvalue weighted by atomic mass is 10.0. The number of nitrogens with one attached hydrogen (secondary N) is 2. The highest BCUT2D eigenvalue weighted by molar-refractivity contribution is 7.89. The zero-order valence-corrected chi connectivity index (χ0v) is 19.4. The van der Waals surface area contributed by atoms with Crippen molar-refractivity contribution in [3.8, 4) is 0 Å². The molecular weight excluding hydrogens is 448 g/mol. The van der Waals surface area contributed by atoms with E-state index >= 15 is 0 Å². The molecule has 0 saturated heterocycles. The summed E-state index contributed by atoms with van der Waals surface area (Å²) in [7, 11) is -2.78. The van der Waals surface area contributed by atoms with Crippen LogP contribution in [0.15, 0.2) is 62.6 Å². The molecule has 0 aliphatic carbocycles. The Bertz CT molecular complexity index is 1360. The lowest BCUT2D eigenvalue weighted by molar-refractivity contribution is -0.118. The molecule has 0 spiro atoms. The van der Waals surface area contributed by atoms with Gasteiger partial charge in [0.25, 0.3) is 0 Å². The molecule has 174 valence electrons. The SMILES string of the molecule is COC(=O)c1cc2cc(NC(=O)[C@@H](NS(=O)(=O)c3ccc(C)cc3)C(C)C)ccc2oc1=O. The second-order valence-corrected chi connectivity index (χ2v) is 9.55. The second-order valence-electron chi connectivity index (χ2n) is 7.84. The summed E-state index contributed by atoms with van der Waals surface area (Å²) in [6.07, 6.45) is 0. The van der Waals surface area contributed by atoms with Gasteiger partial charge < -0.3 is 14.5 Å². The Hall–Kier alpha value is -3.50. The third kappa shape index (κ3) is 5.47. The average Bonchev–Trinajstić information content (AvgIpc) is 2.76. The first kappa shape index (κ1) is 24.1. The molecule has 0 unspecified atom stereocenters. The number of carbonyl (C=O) groups is 2. The molecule has 2 aromatic carbocycles. The van der Waals surface area contributed by atoms with E-state index in [-0.39, 0.29) is 22.0 Å². The lowest BCUT2D eigenvalue weighted by Gasteiger charge is -2.22. The van der Waals surface area contributed by atoms with Crippen molar-refractivity contribution in [2.75, 3.05) is 12.4 Å². The van der Waals surface area contributed by atoms with Crippen molar-refractivity contribution in [3.05, 3.63) is 70.1 Å². The minimum absolute atomic E-state index is 0.0580. The molecule has 0 bridgehead atoms. The summed E-state index contributed by atoms with van der Waals surface area (Å²) in [4.78, 5) is 36.7. The van der Waals surface area contributed by atoms with Gasteiger partial charge in [-0.1, -0.05) is 31.5 Å². The fraction of sp³-hybridized carbons (Fsp3) is 0.261. The number of amides is 1. The summed E-state index contributed by atoms with van der Waals surface area (Å²) in [6.45, 7) is 5.29. The minimum atomic E-state index is -3.93. The summed E-state index contributed by atoms with van der Waals surface area (Å²) in [5.74, 6) is -1.76. The summed E-state index contributed by atoms with van der Waals surface area (Å²) in [6, 6.07) is 11.0. The average molecular weight is 473 g/mol. The molecular formula is C23H24N2O7S. The van der Waals surface area contributed by atoms with Crippen LogP contribution in [-0.2, 0) is 19.6 Å². The summed E-state index contributed by atoms with van der Waals surface area (Å²) < 4.78 is 37.7. The van der Waals surface area contributed by atoms with E-state index in [1.807, 2.05) is 6.92 Å². The predicted octanol–water partition coefficient (Wildman–Crippen LogP) is 2.83. The fourth-order valence-electron chi connectivity index (χ4n) is 3.12. The van der Waals surface area contributed by atoms with E-state index in [4.69, 9.17) is 4.42 Å². The maximum absolute atomic E-state index is 12.9. The molecule has 9 nitrogen and oxygen atoms in total. The van der Waals surface area contributed by atoms with Crippen molar-refractivity contribution in [2.24, 2.45) is 5.92 Å². The van der Waals surface area contributed by atoms with E-state index in [1.54, 1.807) is 26.0 Å². The Morgan fingerprint density at radius 1 is 1.03 bits per heavy atom. The normalized spacial score (nSPS) is 12.5. The summed E-state index contributed by atoms with van der Waals surface area (Å²) in [5, 5.41) is 3.06. The van der Waals surface area contributed by atoms with E-state index in [9.17, 15) is 22.8 Å². The summed E-state index contributed by atoms with van der Waals surface area (Å²) >= 11 is 0. The van der Waals surface area contributed by atoms with Crippen LogP contribution >= 0.6 is 0 Å². The number of methoxy groups -OCH3 is 1. The number of esters is 1. The molecule has 1 heterocycles. The van der Waals surface area contributed by atoms with Crippen LogP contribution in [0.3, 0.4) is 0 Å². The Morgan fingerprint density at radius 3 is 2.30 bits per heavy atom. The molecule has 33 heavy (non-hydrogen) atoms. The van der Waals surface area contributed by atoms with Gasteiger partial charge in [-0.15, -0.1) is 0 Å². The molecule has 1 amide bonds. The quantitative estimate of drug-likeness (QED) is 0.399. The highest BCUT2D eigenvalue weighted by atomic mass is 32.2. The fourth-order valence-corrected chi connectivity index (χ4v) is 4.46. The number of benzene rings is 2. The van der Waals surface area contributed by atoms with Gasteiger partial charge in [0.05, 0.1) is 12.0 Å². The number of carbonyl (C=O) groups excluding carboxylic acids is 2. The number of ether oxygens (including phenoxy) is 1. The molecule has 10 heteroatoms. The molecule has 0 saturated carbocycles. The van der Waals surface area contributed by atoms with Crippen molar-refractivity contribution >= 4 is 38.6 Å². The predicted molar refractivity (Wildman–Crippen MR) is 123 cm³/mol. The Labute approximate surface area is 190 Å². The van der Waals surface area contributed by atoms with Crippen molar-refractivity contribution in [1.82, 2.24) is 4.72 Å². The number of hydrogen-bond acceptors (Lipinski definition) is 7. The van der Waals surface area contributed by atoms with Crippen LogP contribution in [0.25, 0.3) is 11.0 Å². The van der Waals surface area contributed by atoms with Crippen molar-refractivity contribution in [3.63, 3.8) is 0 Å². The van der Waals surface area contributed by atoms with Crippen LogP contribution < -0.4 is 15.7 Å². The van der Waals surface area contributed by atoms with Crippen LogP contribution in [-0.4, -0.2) is 33.4 Å². The van der Waals surface area contributed by atoms with Gasteiger partial charge in [0.1, 0.15) is 17.2 Å². The van der Waals surface area contributed by atoms with Gasteiger partial charge >= 0.3 is 11.6 Å². The third-order valence-corrected chi connectivity index (χ3v) is 6.42.